The molecule has 0 saturated carbocycles. The van der Waals surface area contributed by atoms with Crippen molar-refractivity contribution in [3.63, 3.8) is 0 Å². The van der Waals surface area contributed by atoms with E-state index < -0.39 is 0 Å². The second-order valence-electron chi connectivity index (χ2n) is 5.04. The lowest BCUT2D eigenvalue weighted by Crippen LogP contribution is -2.32. The number of likely N-dealkylation sites (N-methyl/N-ethyl adjacent to an activating group) is 1. The molecular weight excluding hydrogens is 304 g/mol. The molecule has 0 amide bonds. The Labute approximate surface area is 125 Å². The van der Waals surface area contributed by atoms with Crippen LogP contribution in [0.3, 0.4) is 0 Å². The van der Waals surface area contributed by atoms with Gasteiger partial charge < -0.3 is 9.64 Å². The van der Waals surface area contributed by atoms with Crippen LogP contribution in [0.4, 0.5) is 0 Å². The van der Waals surface area contributed by atoms with Gasteiger partial charge in [0.2, 0.25) is 0 Å². The fourth-order valence-electron chi connectivity index (χ4n) is 1.97. The number of benzene rings is 1. The van der Waals surface area contributed by atoms with Crippen LogP contribution in [0.5, 0.6) is 5.75 Å². The van der Waals surface area contributed by atoms with Crippen molar-refractivity contribution in [1.82, 2.24) is 9.80 Å². The van der Waals surface area contributed by atoms with Crippen LogP contribution in [0.2, 0.25) is 0 Å². The van der Waals surface area contributed by atoms with Gasteiger partial charge in [-0.25, -0.2) is 0 Å². The van der Waals surface area contributed by atoms with Gasteiger partial charge in [0.1, 0.15) is 5.75 Å². The van der Waals surface area contributed by atoms with E-state index in [1.807, 2.05) is 6.07 Å². The van der Waals surface area contributed by atoms with Crippen LogP contribution in [0.15, 0.2) is 22.7 Å². The van der Waals surface area contributed by atoms with Gasteiger partial charge in [-0.05, 0) is 50.8 Å². The highest BCUT2D eigenvalue weighted by molar-refractivity contribution is 9.10. The largest absolute Gasteiger partial charge is 0.497 e. The van der Waals surface area contributed by atoms with Crippen molar-refractivity contribution in [3.8, 4) is 5.75 Å². The zero-order valence-electron chi connectivity index (χ0n) is 12.4. The maximum absolute atomic E-state index is 5.30. The predicted molar refractivity (Wildman–Crippen MR) is 84.8 cm³/mol. The summed E-state index contributed by atoms with van der Waals surface area (Å²) in [4.78, 5) is 4.71. The Balaban J connectivity index is 2.71. The Morgan fingerprint density at radius 2 is 1.89 bits per heavy atom. The van der Waals surface area contributed by atoms with E-state index in [0.29, 0.717) is 0 Å². The van der Waals surface area contributed by atoms with E-state index >= 15 is 0 Å². The number of ether oxygens (including phenoxy) is 1. The zero-order valence-corrected chi connectivity index (χ0v) is 14.0. The highest BCUT2D eigenvalue weighted by Crippen LogP contribution is 2.23. The minimum atomic E-state index is 0.919. The summed E-state index contributed by atoms with van der Waals surface area (Å²) in [5.74, 6) is 0.919. The Morgan fingerprint density at radius 1 is 1.16 bits per heavy atom. The average molecular weight is 329 g/mol. The molecule has 1 aromatic rings. The van der Waals surface area contributed by atoms with Crippen LogP contribution >= 0.6 is 15.9 Å². The van der Waals surface area contributed by atoms with Crippen LogP contribution in [0.25, 0.3) is 0 Å². The van der Waals surface area contributed by atoms with Crippen LogP contribution < -0.4 is 4.74 Å². The summed E-state index contributed by atoms with van der Waals surface area (Å²) in [6.07, 6.45) is 1.18. The van der Waals surface area contributed by atoms with Gasteiger partial charge in [0, 0.05) is 24.1 Å². The van der Waals surface area contributed by atoms with Crippen molar-refractivity contribution in [1.29, 1.82) is 0 Å². The van der Waals surface area contributed by atoms with Crippen LogP contribution in [-0.4, -0.2) is 50.6 Å². The van der Waals surface area contributed by atoms with Crippen LogP contribution in [0.1, 0.15) is 18.9 Å². The Hall–Kier alpha value is -0.580. The first kappa shape index (κ1) is 16.5. The second-order valence-corrected chi connectivity index (χ2v) is 5.89. The first-order valence-electron chi connectivity index (χ1n) is 6.76. The van der Waals surface area contributed by atoms with Gasteiger partial charge in [-0.3, -0.25) is 4.90 Å². The third-order valence-corrected chi connectivity index (χ3v) is 3.82. The smallest absolute Gasteiger partial charge is 0.119 e. The van der Waals surface area contributed by atoms with Crippen LogP contribution in [0, 0.1) is 0 Å². The Bertz CT molecular complexity index is 382. The van der Waals surface area contributed by atoms with Crippen molar-refractivity contribution in [2.24, 2.45) is 0 Å². The summed E-state index contributed by atoms with van der Waals surface area (Å²) in [6.45, 7) is 6.48. The third-order valence-electron chi connectivity index (χ3n) is 3.05. The maximum atomic E-state index is 5.30. The second kappa shape index (κ2) is 8.56. The quantitative estimate of drug-likeness (QED) is 0.728. The lowest BCUT2D eigenvalue weighted by molar-refractivity contribution is 0.233. The molecule has 4 heteroatoms. The van der Waals surface area contributed by atoms with Crippen molar-refractivity contribution in [2.45, 2.75) is 19.9 Å². The summed E-state index contributed by atoms with van der Waals surface area (Å²) in [5, 5.41) is 0. The molecular formula is C15H25BrN2O. The molecule has 0 fully saturated rings. The third kappa shape index (κ3) is 5.93. The first-order chi connectivity index (χ1) is 9.06. The van der Waals surface area contributed by atoms with Gasteiger partial charge in [0.25, 0.3) is 0 Å². The SMILES string of the molecule is CCCN(CCN(C)C)Cc1cc(OC)ccc1Br. The van der Waals surface area contributed by atoms with E-state index in [1.165, 1.54) is 12.0 Å². The van der Waals surface area contributed by atoms with Gasteiger partial charge in [-0.1, -0.05) is 22.9 Å². The Kier molecular flexibility index (Phi) is 7.42. The fraction of sp³-hybridized carbons (Fsp3) is 0.600. The number of rotatable bonds is 8. The molecule has 19 heavy (non-hydrogen) atoms. The number of halogens is 1. The van der Waals surface area contributed by atoms with Gasteiger partial charge >= 0.3 is 0 Å². The number of nitrogens with zero attached hydrogens (tertiary/aromatic N) is 2. The minimum Gasteiger partial charge on any atom is -0.497 e. The van der Waals surface area contributed by atoms with Gasteiger partial charge in [0.05, 0.1) is 7.11 Å². The predicted octanol–water partition coefficient (Wildman–Crippen LogP) is 3.23. The highest BCUT2D eigenvalue weighted by Gasteiger charge is 2.09. The maximum Gasteiger partial charge on any atom is 0.119 e. The van der Waals surface area contributed by atoms with E-state index in [1.54, 1.807) is 7.11 Å². The van der Waals surface area contributed by atoms with Gasteiger partial charge in [-0.15, -0.1) is 0 Å². The molecule has 0 saturated heterocycles. The Morgan fingerprint density at radius 3 is 2.47 bits per heavy atom. The van der Waals surface area contributed by atoms with Crippen molar-refractivity contribution in [3.05, 3.63) is 28.2 Å². The molecule has 0 aromatic heterocycles. The molecule has 0 aliphatic carbocycles. The number of hydrogen-bond acceptors (Lipinski definition) is 3. The number of hydrogen-bond donors (Lipinski definition) is 0. The first-order valence-corrected chi connectivity index (χ1v) is 7.55. The molecule has 0 aliphatic heterocycles. The molecule has 1 rings (SSSR count). The van der Waals surface area contributed by atoms with Crippen LogP contribution in [-0.2, 0) is 6.54 Å². The van der Waals surface area contributed by atoms with E-state index in [4.69, 9.17) is 4.74 Å². The molecule has 0 unspecified atom stereocenters. The molecule has 0 atom stereocenters. The summed E-state index contributed by atoms with van der Waals surface area (Å²) in [7, 11) is 5.94. The molecule has 0 aliphatic rings. The molecule has 0 N–H and O–H groups in total. The minimum absolute atomic E-state index is 0.919. The summed E-state index contributed by atoms with van der Waals surface area (Å²) in [5.41, 5.74) is 1.28. The molecule has 0 radical (unpaired) electrons. The monoisotopic (exact) mass is 328 g/mol. The normalized spacial score (nSPS) is 11.3. The summed E-state index contributed by atoms with van der Waals surface area (Å²) >= 11 is 3.63. The van der Waals surface area contributed by atoms with Crippen molar-refractivity contribution >= 4 is 15.9 Å². The average Bonchev–Trinajstić information content (AvgIpc) is 2.38. The molecule has 0 heterocycles. The highest BCUT2D eigenvalue weighted by atomic mass is 79.9. The molecule has 1 aromatic carbocycles. The van der Waals surface area contributed by atoms with E-state index in [-0.39, 0.29) is 0 Å². The molecule has 3 nitrogen and oxygen atoms in total. The van der Waals surface area contributed by atoms with Gasteiger partial charge in [-0.2, -0.15) is 0 Å². The zero-order chi connectivity index (χ0) is 14.3. The summed E-state index contributed by atoms with van der Waals surface area (Å²) in [6, 6.07) is 6.16. The lowest BCUT2D eigenvalue weighted by atomic mass is 10.2. The number of methoxy groups -OCH3 is 1. The fourth-order valence-corrected chi connectivity index (χ4v) is 2.34. The molecule has 108 valence electrons. The topological polar surface area (TPSA) is 15.7 Å². The standard InChI is InChI=1S/C15H25BrN2O/c1-5-8-18(10-9-17(2)3)12-13-11-14(19-4)6-7-15(13)16/h6-7,11H,5,8-10,12H2,1-4H3. The van der Waals surface area contributed by atoms with Gasteiger partial charge in [0.15, 0.2) is 0 Å². The van der Waals surface area contributed by atoms with E-state index in [0.717, 1.165) is 36.4 Å². The van der Waals surface area contributed by atoms with Crippen molar-refractivity contribution in [2.75, 3.05) is 40.8 Å². The summed E-state index contributed by atoms with van der Waals surface area (Å²) < 4.78 is 6.45. The lowest BCUT2D eigenvalue weighted by Gasteiger charge is -2.24. The van der Waals surface area contributed by atoms with E-state index in [9.17, 15) is 0 Å². The van der Waals surface area contributed by atoms with E-state index in [2.05, 4.69) is 58.9 Å². The molecule has 0 spiro atoms. The molecule has 0 bridgehead atoms. The van der Waals surface area contributed by atoms with Crippen molar-refractivity contribution < 1.29 is 4.74 Å².